The average Bonchev–Trinajstić information content (AvgIpc) is 2.37. The Bertz CT molecular complexity index is 316. The minimum atomic E-state index is -0.693. The quantitative estimate of drug-likeness (QED) is 0.441. The van der Waals surface area contributed by atoms with Gasteiger partial charge in [-0.25, -0.2) is 0 Å². The zero-order valence-electron chi connectivity index (χ0n) is 10.4. The van der Waals surface area contributed by atoms with Crippen molar-refractivity contribution in [3.8, 4) is 0 Å². The molecule has 0 spiro atoms. The van der Waals surface area contributed by atoms with Gasteiger partial charge in [0.25, 0.3) is 0 Å². The van der Waals surface area contributed by atoms with Crippen molar-refractivity contribution in [1.29, 1.82) is 0 Å². The Hall–Kier alpha value is -1.21. The predicted octanol–water partition coefficient (Wildman–Crippen LogP) is -1.01. The normalized spacial score (nSPS) is 16.0. The zero-order chi connectivity index (χ0) is 13.4. The molecule has 0 unspecified atom stereocenters. The molecule has 1 fully saturated rings. The second-order valence-corrected chi connectivity index (χ2v) is 4.83. The van der Waals surface area contributed by atoms with Crippen LogP contribution in [0.4, 0.5) is 0 Å². The van der Waals surface area contributed by atoms with Crippen molar-refractivity contribution in [2.24, 2.45) is 5.73 Å². The Morgan fingerprint density at radius 2 is 1.72 bits per heavy atom. The first kappa shape index (κ1) is 14.8. The summed E-state index contributed by atoms with van der Waals surface area (Å²) in [7, 11) is 0. The van der Waals surface area contributed by atoms with Crippen molar-refractivity contribution in [3.63, 3.8) is 0 Å². The maximum Gasteiger partial charge on any atom is 0.309 e. The van der Waals surface area contributed by atoms with Crippen molar-refractivity contribution in [2.45, 2.75) is 19.3 Å². The van der Waals surface area contributed by atoms with E-state index >= 15 is 0 Å². The SMILES string of the molecule is NC(=S)CNC(=O)C(=O)NCCN1CCCCC1. The fraction of sp³-hybridized carbons (Fsp3) is 0.727. The van der Waals surface area contributed by atoms with E-state index in [0.29, 0.717) is 6.54 Å². The van der Waals surface area contributed by atoms with Crippen molar-refractivity contribution in [1.82, 2.24) is 15.5 Å². The van der Waals surface area contributed by atoms with Crippen LogP contribution in [0.3, 0.4) is 0 Å². The van der Waals surface area contributed by atoms with Crippen LogP contribution >= 0.6 is 12.2 Å². The van der Waals surface area contributed by atoms with Gasteiger partial charge in [-0.3, -0.25) is 9.59 Å². The molecule has 1 saturated heterocycles. The lowest BCUT2D eigenvalue weighted by molar-refractivity contribution is -0.139. The molecule has 0 aromatic heterocycles. The van der Waals surface area contributed by atoms with Crippen LogP contribution in [0.1, 0.15) is 19.3 Å². The number of nitrogens with two attached hydrogens (primary N) is 1. The van der Waals surface area contributed by atoms with Gasteiger partial charge in [-0.05, 0) is 25.9 Å². The van der Waals surface area contributed by atoms with Crippen molar-refractivity contribution in [2.75, 3.05) is 32.7 Å². The molecule has 0 radical (unpaired) electrons. The molecule has 0 bridgehead atoms. The van der Waals surface area contributed by atoms with Crippen molar-refractivity contribution in [3.05, 3.63) is 0 Å². The van der Waals surface area contributed by atoms with Crippen LogP contribution in [0.2, 0.25) is 0 Å². The molecule has 18 heavy (non-hydrogen) atoms. The molecule has 0 aromatic carbocycles. The highest BCUT2D eigenvalue weighted by molar-refractivity contribution is 7.80. The lowest BCUT2D eigenvalue weighted by atomic mass is 10.1. The van der Waals surface area contributed by atoms with Gasteiger partial charge < -0.3 is 21.3 Å². The Labute approximate surface area is 112 Å². The van der Waals surface area contributed by atoms with Gasteiger partial charge in [0.05, 0.1) is 11.5 Å². The van der Waals surface area contributed by atoms with Gasteiger partial charge in [0.2, 0.25) is 0 Å². The number of amides is 2. The molecule has 0 saturated carbocycles. The number of carbonyl (C=O) groups excluding carboxylic acids is 2. The summed E-state index contributed by atoms with van der Waals surface area (Å²) < 4.78 is 0. The van der Waals surface area contributed by atoms with E-state index in [-0.39, 0.29) is 11.5 Å². The van der Waals surface area contributed by atoms with Crippen LogP contribution in [-0.2, 0) is 9.59 Å². The summed E-state index contributed by atoms with van der Waals surface area (Å²) in [6.45, 7) is 3.47. The number of nitrogens with one attached hydrogen (secondary N) is 2. The Kier molecular flexibility index (Phi) is 6.59. The molecule has 1 rings (SSSR count). The molecule has 1 aliphatic heterocycles. The average molecular weight is 272 g/mol. The van der Waals surface area contributed by atoms with Crippen LogP contribution in [0.25, 0.3) is 0 Å². The molecule has 6 nitrogen and oxygen atoms in total. The highest BCUT2D eigenvalue weighted by Crippen LogP contribution is 2.07. The lowest BCUT2D eigenvalue weighted by Gasteiger charge is -2.26. The number of rotatable bonds is 5. The Morgan fingerprint density at radius 1 is 1.11 bits per heavy atom. The summed E-state index contributed by atoms with van der Waals surface area (Å²) in [4.78, 5) is 25.1. The number of piperidine rings is 1. The minimum Gasteiger partial charge on any atom is -0.392 e. The largest absolute Gasteiger partial charge is 0.392 e. The smallest absolute Gasteiger partial charge is 0.309 e. The molecule has 1 aliphatic rings. The topological polar surface area (TPSA) is 87.5 Å². The number of carbonyl (C=O) groups is 2. The molecular weight excluding hydrogens is 252 g/mol. The molecule has 2 amide bonds. The van der Waals surface area contributed by atoms with E-state index in [2.05, 4.69) is 27.8 Å². The summed E-state index contributed by atoms with van der Waals surface area (Å²) in [5.74, 6) is -1.33. The van der Waals surface area contributed by atoms with Crippen LogP contribution in [-0.4, -0.2) is 54.4 Å². The van der Waals surface area contributed by atoms with E-state index in [1.165, 1.54) is 19.3 Å². The third-order valence-electron chi connectivity index (χ3n) is 2.79. The molecule has 102 valence electrons. The Balaban J connectivity index is 2.11. The van der Waals surface area contributed by atoms with E-state index in [1.807, 2.05) is 0 Å². The molecule has 1 heterocycles. The van der Waals surface area contributed by atoms with E-state index in [4.69, 9.17) is 5.73 Å². The maximum absolute atomic E-state index is 11.4. The predicted molar refractivity (Wildman–Crippen MR) is 73.1 cm³/mol. The molecule has 7 heteroatoms. The van der Waals surface area contributed by atoms with Gasteiger partial charge in [0, 0.05) is 13.1 Å². The monoisotopic (exact) mass is 272 g/mol. The van der Waals surface area contributed by atoms with E-state index < -0.39 is 11.8 Å². The first-order chi connectivity index (χ1) is 8.59. The maximum atomic E-state index is 11.4. The summed E-state index contributed by atoms with van der Waals surface area (Å²) in [6.07, 6.45) is 3.70. The number of nitrogens with zero attached hydrogens (tertiary/aromatic N) is 1. The second kappa shape index (κ2) is 7.99. The Morgan fingerprint density at radius 3 is 2.33 bits per heavy atom. The summed E-state index contributed by atoms with van der Waals surface area (Å²) in [6, 6.07) is 0. The molecule has 0 atom stereocenters. The zero-order valence-corrected chi connectivity index (χ0v) is 11.2. The number of hydrogen-bond donors (Lipinski definition) is 3. The van der Waals surface area contributed by atoms with E-state index in [0.717, 1.165) is 19.6 Å². The fourth-order valence-corrected chi connectivity index (χ4v) is 1.91. The third kappa shape index (κ3) is 5.92. The van der Waals surface area contributed by atoms with E-state index in [1.54, 1.807) is 0 Å². The highest BCUT2D eigenvalue weighted by Gasteiger charge is 2.14. The minimum absolute atomic E-state index is 0.0493. The summed E-state index contributed by atoms with van der Waals surface area (Å²) in [5, 5.41) is 4.92. The van der Waals surface area contributed by atoms with Gasteiger partial charge in [0.1, 0.15) is 0 Å². The van der Waals surface area contributed by atoms with Gasteiger partial charge in [-0.15, -0.1) is 0 Å². The van der Waals surface area contributed by atoms with Gasteiger partial charge in [-0.1, -0.05) is 18.6 Å². The number of hydrogen-bond acceptors (Lipinski definition) is 4. The van der Waals surface area contributed by atoms with Crippen LogP contribution in [0.15, 0.2) is 0 Å². The molecule has 0 aromatic rings. The van der Waals surface area contributed by atoms with Crippen molar-refractivity contribution < 1.29 is 9.59 Å². The highest BCUT2D eigenvalue weighted by atomic mass is 32.1. The number of thiocarbonyl (C=S) groups is 1. The molecule has 0 aliphatic carbocycles. The van der Waals surface area contributed by atoms with Crippen molar-refractivity contribution >= 4 is 29.0 Å². The first-order valence-corrected chi connectivity index (χ1v) is 6.57. The standard InChI is InChI=1S/C11H20N4O2S/c12-9(18)8-14-11(17)10(16)13-4-7-15-5-2-1-3-6-15/h1-8H2,(H2,12,18)(H,13,16)(H,14,17). The third-order valence-corrected chi connectivity index (χ3v) is 2.94. The second-order valence-electron chi connectivity index (χ2n) is 4.31. The first-order valence-electron chi connectivity index (χ1n) is 6.16. The summed E-state index contributed by atoms with van der Waals surface area (Å²) >= 11 is 4.60. The molecular formula is C11H20N4O2S. The fourth-order valence-electron chi connectivity index (χ4n) is 1.84. The lowest BCUT2D eigenvalue weighted by Crippen LogP contribution is -2.45. The van der Waals surface area contributed by atoms with Gasteiger partial charge >= 0.3 is 11.8 Å². The van der Waals surface area contributed by atoms with E-state index in [9.17, 15) is 9.59 Å². The molecule has 4 N–H and O–H groups in total. The van der Waals surface area contributed by atoms with Crippen LogP contribution in [0.5, 0.6) is 0 Å². The number of likely N-dealkylation sites (tertiary alicyclic amines) is 1. The van der Waals surface area contributed by atoms with Gasteiger partial charge in [-0.2, -0.15) is 0 Å². The summed E-state index contributed by atoms with van der Waals surface area (Å²) in [5.41, 5.74) is 5.22. The van der Waals surface area contributed by atoms with Crippen LogP contribution < -0.4 is 16.4 Å². The van der Waals surface area contributed by atoms with Gasteiger partial charge in [0.15, 0.2) is 0 Å². The van der Waals surface area contributed by atoms with Crippen LogP contribution in [0, 0.1) is 0 Å².